The molecular formula is C22H24N6O. The maximum atomic E-state index is 5.63. The molecule has 1 aliphatic rings. The van der Waals surface area contributed by atoms with Crippen molar-refractivity contribution in [2.45, 2.75) is 19.9 Å². The Morgan fingerprint density at radius 3 is 2.90 bits per heavy atom. The molecular weight excluding hydrogens is 364 g/mol. The minimum atomic E-state index is 0.259. The van der Waals surface area contributed by atoms with E-state index in [0.29, 0.717) is 13.2 Å². The van der Waals surface area contributed by atoms with Gasteiger partial charge in [-0.2, -0.15) is 5.10 Å². The van der Waals surface area contributed by atoms with Crippen molar-refractivity contribution >= 4 is 16.7 Å². The van der Waals surface area contributed by atoms with E-state index in [1.807, 2.05) is 30.2 Å². The van der Waals surface area contributed by atoms with Gasteiger partial charge in [0.05, 0.1) is 36.8 Å². The highest BCUT2D eigenvalue weighted by atomic mass is 16.5. The molecule has 5 rings (SSSR count). The summed E-state index contributed by atoms with van der Waals surface area (Å²) >= 11 is 0. The Morgan fingerprint density at radius 2 is 2.10 bits per heavy atom. The van der Waals surface area contributed by atoms with Gasteiger partial charge in [-0.3, -0.25) is 4.68 Å². The molecule has 148 valence electrons. The van der Waals surface area contributed by atoms with Crippen molar-refractivity contribution < 1.29 is 4.74 Å². The van der Waals surface area contributed by atoms with Gasteiger partial charge in [0, 0.05) is 42.3 Å². The van der Waals surface area contributed by atoms with Crippen molar-refractivity contribution in [1.29, 1.82) is 0 Å². The quantitative estimate of drug-likeness (QED) is 0.581. The Morgan fingerprint density at radius 1 is 1.21 bits per heavy atom. The first-order valence-corrected chi connectivity index (χ1v) is 9.91. The number of anilines is 1. The molecule has 0 bridgehead atoms. The number of fused-ring (bicyclic) bond motifs is 1. The third kappa shape index (κ3) is 3.07. The van der Waals surface area contributed by atoms with Crippen LogP contribution in [0.25, 0.3) is 33.7 Å². The molecule has 29 heavy (non-hydrogen) atoms. The summed E-state index contributed by atoms with van der Waals surface area (Å²) in [4.78, 5) is 15.6. The molecule has 4 heterocycles. The average Bonchev–Trinajstić information content (AvgIpc) is 3.34. The van der Waals surface area contributed by atoms with Gasteiger partial charge in [-0.1, -0.05) is 12.1 Å². The van der Waals surface area contributed by atoms with Gasteiger partial charge in [-0.15, -0.1) is 0 Å². The number of aromatic amines is 1. The third-order valence-electron chi connectivity index (χ3n) is 5.57. The van der Waals surface area contributed by atoms with Crippen LogP contribution >= 0.6 is 0 Å². The first-order valence-electron chi connectivity index (χ1n) is 9.91. The van der Waals surface area contributed by atoms with E-state index in [1.54, 1.807) is 0 Å². The molecule has 0 amide bonds. The van der Waals surface area contributed by atoms with Crippen molar-refractivity contribution in [2.24, 2.45) is 7.05 Å². The molecule has 1 saturated heterocycles. The van der Waals surface area contributed by atoms with E-state index in [9.17, 15) is 0 Å². The molecule has 0 unspecified atom stereocenters. The van der Waals surface area contributed by atoms with Gasteiger partial charge in [0.2, 0.25) is 0 Å². The zero-order valence-corrected chi connectivity index (χ0v) is 16.9. The summed E-state index contributed by atoms with van der Waals surface area (Å²) in [5.41, 5.74) is 5.09. The summed E-state index contributed by atoms with van der Waals surface area (Å²) in [6.07, 6.45) is 3.83. The topological polar surface area (TPSA) is 71.9 Å². The lowest BCUT2D eigenvalue weighted by molar-refractivity contribution is 0.0985. The molecule has 7 nitrogen and oxygen atoms in total. The Balaban J connectivity index is 1.73. The maximum absolute atomic E-state index is 5.63. The van der Waals surface area contributed by atoms with Crippen LogP contribution in [-0.2, 0) is 11.8 Å². The molecule has 3 aromatic heterocycles. The minimum absolute atomic E-state index is 0.259. The lowest BCUT2D eigenvalue weighted by Crippen LogP contribution is -2.44. The monoisotopic (exact) mass is 388 g/mol. The summed E-state index contributed by atoms with van der Waals surface area (Å²) < 4.78 is 7.51. The molecule has 0 radical (unpaired) electrons. The SMILES string of the molecule is Cc1cnn(C)c1-c1cc(N2CCOC[C@H]2C)nc(-c2cccc3[nH]ccc23)n1. The van der Waals surface area contributed by atoms with E-state index in [2.05, 4.69) is 53.1 Å². The van der Waals surface area contributed by atoms with E-state index < -0.39 is 0 Å². The number of morpholine rings is 1. The number of hydrogen-bond acceptors (Lipinski definition) is 5. The van der Waals surface area contributed by atoms with Gasteiger partial charge in [-0.25, -0.2) is 9.97 Å². The number of nitrogens with zero attached hydrogens (tertiary/aromatic N) is 5. The van der Waals surface area contributed by atoms with Gasteiger partial charge in [0.25, 0.3) is 0 Å². The summed E-state index contributed by atoms with van der Waals surface area (Å²) in [5.74, 6) is 1.65. The Kier molecular flexibility index (Phi) is 4.32. The summed E-state index contributed by atoms with van der Waals surface area (Å²) in [6.45, 7) is 6.45. The average molecular weight is 388 g/mol. The number of ether oxygens (including phenoxy) is 1. The lowest BCUT2D eigenvalue weighted by Gasteiger charge is -2.34. The van der Waals surface area contributed by atoms with Gasteiger partial charge in [0.1, 0.15) is 5.82 Å². The van der Waals surface area contributed by atoms with E-state index in [4.69, 9.17) is 14.7 Å². The first-order chi connectivity index (χ1) is 14.1. The van der Waals surface area contributed by atoms with Crippen LogP contribution in [0.4, 0.5) is 5.82 Å². The number of aromatic nitrogens is 5. The van der Waals surface area contributed by atoms with E-state index >= 15 is 0 Å². The second-order valence-corrected chi connectivity index (χ2v) is 7.60. The maximum Gasteiger partial charge on any atom is 0.162 e. The smallest absolute Gasteiger partial charge is 0.162 e. The molecule has 1 atom stereocenters. The lowest BCUT2D eigenvalue weighted by atomic mass is 10.1. The second kappa shape index (κ2) is 7.00. The van der Waals surface area contributed by atoms with Gasteiger partial charge >= 0.3 is 0 Å². The molecule has 7 heteroatoms. The van der Waals surface area contributed by atoms with Gasteiger partial charge in [-0.05, 0) is 31.5 Å². The molecule has 1 aromatic carbocycles. The highest BCUT2D eigenvalue weighted by Gasteiger charge is 2.23. The van der Waals surface area contributed by atoms with Crippen LogP contribution < -0.4 is 4.90 Å². The van der Waals surface area contributed by atoms with Crippen molar-refractivity contribution in [2.75, 3.05) is 24.7 Å². The number of rotatable bonds is 3. The van der Waals surface area contributed by atoms with Crippen LogP contribution in [0.3, 0.4) is 0 Å². The zero-order chi connectivity index (χ0) is 20.0. The molecule has 1 N–H and O–H groups in total. The fourth-order valence-corrected chi connectivity index (χ4v) is 4.09. The highest BCUT2D eigenvalue weighted by molar-refractivity contribution is 5.93. The molecule has 4 aromatic rings. The standard InChI is InChI=1S/C22H24N6O/c1-14-12-24-27(3)21(14)19-11-20(28-9-10-29-13-15(28)2)26-22(25-19)17-5-4-6-18-16(17)7-8-23-18/h4-8,11-12,15,23H,9-10,13H2,1-3H3/t15-/m1/s1. The zero-order valence-electron chi connectivity index (χ0n) is 16.9. The van der Waals surface area contributed by atoms with E-state index in [-0.39, 0.29) is 6.04 Å². The van der Waals surface area contributed by atoms with E-state index in [1.165, 1.54) is 0 Å². The number of aryl methyl sites for hydroxylation is 2. The predicted molar refractivity (Wildman–Crippen MR) is 114 cm³/mol. The van der Waals surface area contributed by atoms with Crippen molar-refractivity contribution in [3.63, 3.8) is 0 Å². The predicted octanol–water partition coefficient (Wildman–Crippen LogP) is 3.56. The Hall–Kier alpha value is -3.19. The Labute approximate surface area is 169 Å². The van der Waals surface area contributed by atoms with Crippen molar-refractivity contribution in [1.82, 2.24) is 24.7 Å². The summed E-state index contributed by atoms with van der Waals surface area (Å²) in [6, 6.07) is 10.6. The van der Waals surface area contributed by atoms with Crippen molar-refractivity contribution in [3.05, 3.63) is 48.3 Å². The van der Waals surface area contributed by atoms with Crippen LogP contribution in [0.1, 0.15) is 12.5 Å². The highest BCUT2D eigenvalue weighted by Crippen LogP contribution is 2.32. The van der Waals surface area contributed by atoms with Gasteiger partial charge < -0.3 is 14.6 Å². The largest absolute Gasteiger partial charge is 0.377 e. The van der Waals surface area contributed by atoms with Crippen LogP contribution in [0, 0.1) is 6.92 Å². The summed E-state index contributed by atoms with van der Waals surface area (Å²) in [5, 5.41) is 5.53. The fourth-order valence-electron chi connectivity index (χ4n) is 4.09. The normalized spacial score (nSPS) is 17.2. The molecule has 1 fully saturated rings. The van der Waals surface area contributed by atoms with Crippen molar-refractivity contribution in [3.8, 4) is 22.8 Å². The van der Waals surface area contributed by atoms with Crippen LogP contribution in [0.2, 0.25) is 0 Å². The molecule has 1 aliphatic heterocycles. The fraction of sp³-hybridized carbons (Fsp3) is 0.318. The van der Waals surface area contributed by atoms with Gasteiger partial charge in [0.15, 0.2) is 5.82 Å². The third-order valence-corrected chi connectivity index (χ3v) is 5.57. The number of benzene rings is 1. The minimum Gasteiger partial charge on any atom is -0.377 e. The second-order valence-electron chi connectivity index (χ2n) is 7.60. The first kappa shape index (κ1) is 17.9. The number of hydrogen-bond donors (Lipinski definition) is 1. The number of H-pyrrole nitrogens is 1. The summed E-state index contributed by atoms with van der Waals surface area (Å²) in [7, 11) is 1.95. The van der Waals surface area contributed by atoms with Crippen LogP contribution in [-0.4, -0.2) is 50.5 Å². The van der Waals surface area contributed by atoms with Crippen LogP contribution in [0.5, 0.6) is 0 Å². The Bertz CT molecular complexity index is 1160. The molecule has 0 spiro atoms. The van der Waals surface area contributed by atoms with E-state index in [0.717, 1.165) is 51.6 Å². The molecule has 0 saturated carbocycles. The number of nitrogens with one attached hydrogen (secondary N) is 1. The van der Waals surface area contributed by atoms with Crippen LogP contribution in [0.15, 0.2) is 42.7 Å². The molecule has 0 aliphatic carbocycles.